The fourth-order valence-electron chi connectivity index (χ4n) is 3.22. The Hall–Kier alpha value is -2.63. The number of pyridine rings is 1. The van der Waals surface area contributed by atoms with Crippen molar-refractivity contribution in [1.82, 2.24) is 15.1 Å². The summed E-state index contributed by atoms with van der Waals surface area (Å²) in [6.07, 6.45) is -0.872. The predicted molar refractivity (Wildman–Crippen MR) is 84.4 cm³/mol. The average molecular weight is 363 g/mol. The molecule has 6 nitrogen and oxygen atoms in total. The first-order chi connectivity index (χ1) is 12.5. The molecule has 0 radical (unpaired) electrons. The number of aromatic nitrogens is 3. The molecule has 2 fully saturated rings. The van der Waals surface area contributed by atoms with Crippen LogP contribution in [0.25, 0.3) is 0 Å². The molecule has 2 aliphatic rings. The number of anilines is 1. The quantitative estimate of drug-likeness (QED) is 0.829. The van der Waals surface area contributed by atoms with E-state index >= 15 is 0 Å². The summed E-state index contributed by atoms with van der Waals surface area (Å²) >= 11 is 0. The zero-order valence-electron chi connectivity index (χ0n) is 13.8. The molecule has 1 aliphatic heterocycles. The lowest BCUT2D eigenvalue weighted by atomic mass is 9.97. The van der Waals surface area contributed by atoms with Gasteiger partial charge in [0.2, 0.25) is 5.89 Å². The van der Waals surface area contributed by atoms with Crippen LogP contribution in [-0.2, 0) is 6.18 Å². The van der Waals surface area contributed by atoms with Crippen molar-refractivity contribution in [3.05, 3.63) is 35.1 Å². The van der Waals surface area contributed by atoms with E-state index in [0.29, 0.717) is 30.7 Å². The van der Waals surface area contributed by atoms with E-state index < -0.39 is 11.9 Å². The van der Waals surface area contributed by atoms with E-state index in [2.05, 4.69) is 15.1 Å². The highest BCUT2D eigenvalue weighted by atomic mass is 19.4. The molecular weight excluding hydrogens is 347 g/mol. The zero-order chi connectivity index (χ0) is 18.3. The topological polar surface area (TPSA) is 78.8 Å². The van der Waals surface area contributed by atoms with Crippen molar-refractivity contribution in [3.63, 3.8) is 0 Å². The van der Waals surface area contributed by atoms with E-state index in [0.717, 1.165) is 31.7 Å². The van der Waals surface area contributed by atoms with Crippen molar-refractivity contribution >= 4 is 5.82 Å². The zero-order valence-corrected chi connectivity index (χ0v) is 13.8. The number of alkyl halides is 3. The minimum atomic E-state index is -4.55. The summed E-state index contributed by atoms with van der Waals surface area (Å²) in [5.41, 5.74) is -0.866. The molecule has 1 unspecified atom stereocenters. The minimum absolute atomic E-state index is 0.0529. The Morgan fingerprint density at radius 1 is 1.15 bits per heavy atom. The second-order valence-corrected chi connectivity index (χ2v) is 6.73. The molecule has 26 heavy (non-hydrogen) atoms. The van der Waals surface area contributed by atoms with Crippen molar-refractivity contribution in [2.24, 2.45) is 0 Å². The molecule has 2 aromatic rings. The van der Waals surface area contributed by atoms with Gasteiger partial charge < -0.3 is 9.42 Å². The van der Waals surface area contributed by atoms with Gasteiger partial charge in [0.25, 0.3) is 0 Å². The first kappa shape index (κ1) is 16.8. The molecule has 1 atom stereocenters. The van der Waals surface area contributed by atoms with Gasteiger partial charge in [-0.1, -0.05) is 5.16 Å². The van der Waals surface area contributed by atoms with Crippen molar-refractivity contribution in [3.8, 4) is 6.07 Å². The summed E-state index contributed by atoms with van der Waals surface area (Å²) in [5.74, 6) is 1.60. The number of rotatable bonds is 3. The Morgan fingerprint density at radius 3 is 2.65 bits per heavy atom. The number of nitriles is 1. The average Bonchev–Trinajstić information content (AvgIpc) is 3.37. The van der Waals surface area contributed by atoms with E-state index in [4.69, 9.17) is 4.52 Å². The summed E-state index contributed by atoms with van der Waals surface area (Å²) in [7, 11) is 0. The summed E-state index contributed by atoms with van der Waals surface area (Å²) in [5, 5.41) is 13.3. The van der Waals surface area contributed by atoms with Gasteiger partial charge in [-0.15, -0.1) is 0 Å². The Morgan fingerprint density at radius 2 is 1.96 bits per heavy atom. The lowest BCUT2D eigenvalue weighted by Crippen LogP contribution is -2.36. The molecule has 1 saturated carbocycles. The van der Waals surface area contributed by atoms with Crippen LogP contribution >= 0.6 is 0 Å². The number of nitrogens with zero attached hydrogens (tertiary/aromatic N) is 5. The number of hydrogen-bond donors (Lipinski definition) is 0. The van der Waals surface area contributed by atoms with Gasteiger partial charge in [0.1, 0.15) is 17.6 Å². The van der Waals surface area contributed by atoms with Gasteiger partial charge in [0.15, 0.2) is 5.82 Å². The molecular formula is C17H16F3N5O. The number of hydrogen-bond acceptors (Lipinski definition) is 6. The lowest BCUT2D eigenvalue weighted by Gasteiger charge is -2.32. The number of piperidine rings is 1. The molecule has 136 valence electrons. The van der Waals surface area contributed by atoms with Crippen LogP contribution in [0.4, 0.5) is 19.0 Å². The second kappa shape index (κ2) is 6.27. The fraction of sp³-hybridized carbons (Fsp3) is 0.529. The van der Waals surface area contributed by atoms with Gasteiger partial charge in [-0.2, -0.15) is 23.4 Å². The second-order valence-electron chi connectivity index (χ2n) is 6.73. The smallest absolute Gasteiger partial charge is 0.355 e. The van der Waals surface area contributed by atoms with Crippen LogP contribution in [0, 0.1) is 11.3 Å². The molecule has 3 heterocycles. The third-order valence-corrected chi connectivity index (χ3v) is 4.76. The van der Waals surface area contributed by atoms with E-state index in [9.17, 15) is 18.4 Å². The first-order valence-electron chi connectivity index (χ1n) is 8.52. The largest absolute Gasteiger partial charge is 0.433 e. The van der Waals surface area contributed by atoms with Crippen LogP contribution in [0.1, 0.15) is 60.5 Å². The van der Waals surface area contributed by atoms with Crippen LogP contribution in [0.2, 0.25) is 0 Å². The lowest BCUT2D eigenvalue weighted by molar-refractivity contribution is -0.141. The van der Waals surface area contributed by atoms with Gasteiger partial charge in [-0.25, -0.2) is 4.98 Å². The molecule has 9 heteroatoms. The van der Waals surface area contributed by atoms with E-state index in [-0.39, 0.29) is 17.3 Å². The van der Waals surface area contributed by atoms with Gasteiger partial charge in [-0.05, 0) is 37.8 Å². The molecule has 0 spiro atoms. The SMILES string of the molecule is N#Cc1ccc(C(F)(F)F)nc1N1CCCC(c2noc(C3CC3)n2)C1. The molecule has 0 amide bonds. The minimum Gasteiger partial charge on any atom is -0.355 e. The Labute approximate surface area is 147 Å². The predicted octanol–water partition coefficient (Wildman–Crippen LogP) is 3.62. The molecule has 4 rings (SSSR count). The summed E-state index contributed by atoms with van der Waals surface area (Å²) in [6.45, 7) is 0.944. The summed E-state index contributed by atoms with van der Waals surface area (Å²) in [4.78, 5) is 9.90. The van der Waals surface area contributed by atoms with Gasteiger partial charge >= 0.3 is 6.18 Å². The van der Waals surface area contributed by atoms with Gasteiger partial charge in [0.05, 0.1) is 5.56 Å². The summed E-state index contributed by atoms with van der Waals surface area (Å²) in [6, 6.07) is 3.94. The van der Waals surface area contributed by atoms with Crippen LogP contribution < -0.4 is 4.90 Å². The molecule has 0 N–H and O–H groups in total. The van der Waals surface area contributed by atoms with E-state index in [1.54, 1.807) is 4.90 Å². The van der Waals surface area contributed by atoms with E-state index in [1.165, 1.54) is 6.07 Å². The first-order valence-corrected chi connectivity index (χ1v) is 8.52. The summed E-state index contributed by atoms with van der Waals surface area (Å²) < 4.78 is 44.3. The maximum Gasteiger partial charge on any atom is 0.433 e. The third kappa shape index (κ3) is 3.23. The molecule has 1 saturated heterocycles. The highest BCUT2D eigenvalue weighted by molar-refractivity contribution is 5.55. The fourth-order valence-corrected chi connectivity index (χ4v) is 3.22. The molecule has 2 aromatic heterocycles. The standard InChI is InChI=1S/C17H16F3N5O/c18-17(19,20)13-6-5-11(8-21)15(22-13)25-7-1-2-12(9-25)14-23-16(26-24-14)10-3-4-10/h5-6,10,12H,1-4,7,9H2. The van der Waals surface area contributed by atoms with Gasteiger partial charge in [-0.3, -0.25) is 0 Å². The Balaban J connectivity index is 1.59. The normalized spacial score (nSPS) is 20.8. The number of halogens is 3. The van der Waals surface area contributed by atoms with Crippen LogP contribution in [0.15, 0.2) is 16.7 Å². The highest BCUT2D eigenvalue weighted by Crippen LogP contribution is 2.40. The maximum atomic E-state index is 13.0. The Bertz CT molecular complexity index is 853. The van der Waals surface area contributed by atoms with Crippen LogP contribution in [-0.4, -0.2) is 28.2 Å². The van der Waals surface area contributed by atoms with Gasteiger partial charge in [0, 0.05) is 24.9 Å². The monoisotopic (exact) mass is 363 g/mol. The van der Waals surface area contributed by atoms with Crippen molar-refractivity contribution in [2.75, 3.05) is 18.0 Å². The third-order valence-electron chi connectivity index (χ3n) is 4.76. The Kier molecular flexibility index (Phi) is 4.05. The van der Waals surface area contributed by atoms with Crippen molar-refractivity contribution < 1.29 is 17.7 Å². The van der Waals surface area contributed by atoms with Crippen LogP contribution in [0.5, 0.6) is 0 Å². The van der Waals surface area contributed by atoms with Crippen molar-refractivity contribution in [2.45, 2.75) is 43.7 Å². The van der Waals surface area contributed by atoms with Crippen molar-refractivity contribution in [1.29, 1.82) is 5.26 Å². The highest BCUT2D eigenvalue weighted by Gasteiger charge is 2.35. The maximum absolute atomic E-state index is 13.0. The van der Waals surface area contributed by atoms with E-state index in [1.807, 2.05) is 6.07 Å². The molecule has 0 aromatic carbocycles. The molecule has 1 aliphatic carbocycles. The molecule has 0 bridgehead atoms. The van der Waals surface area contributed by atoms with Crippen LogP contribution in [0.3, 0.4) is 0 Å².